The van der Waals surface area contributed by atoms with Gasteiger partial charge in [0.25, 0.3) is 0 Å². The zero-order chi connectivity index (χ0) is 12.0. The lowest BCUT2D eigenvalue weighted by atomic mass is 10.2. The Morgan fingerprint density at radius 3 is 2.81 bits per heavy atom. The molecule has 4 heteroatoms. The summed E-state index contributed by atoms with van der Waals surface area (Å²) >= 11 is 0. The fourth-order valence-corrected chi connectivity index (χ4v) is 1.30. The molecule has 0 aliphatic carbocycles. The minimum absolute atomic E-state index is 0.116. The number of rotatable bonds is 6. The number of nitrogens with one attached hydrogen (secondary N) is 1. The van der Waals surface area contributed by atoms with Crippen molar-refractivity contribution in [2.75, 3.05) is 6.54 Å². The molecule has 0 amide bonds. The molecule has 0 saturated carbocycles. The van der Waals surface area contributed by atoms with Crippen LogP contribution in [0.4, 0.5) is 0 Å². The van der Waals surface area contributed by atoms with E-state index in [2.05, 4.69) is 10.3 Å². The minimum Gasteiger partial charge on any atom is -0.475 e. The summed E-state index contributed by atoms with van der Waals surface area (Å²) in [5, 5.41) is 12.3. The minimum atomic E-state index is -0.342. The van der Waals surface area contributed by atoms with Crippen LogP contribution in [0, 0.1) is 0 Å². The molecule has 16 heavy (non-hydrogen) atoms. The number of ether oxygens (including phenoxy) is 1. The molecule has 0 saturated heterocycles. The summed E-state index contributed by atoms with van der Waals surface area (Å²) in [5.41, 5.74) is 1.01. The van der Waals surface area contributed by atoms with Gasteiger partial charge in [-0.3, -0.25) is 0 Å². The van der Waals surface area contributed by atoms with Crippen LogP contribution in [-0.4, -0.2) is 28.8 Å². The van der Waals surface area contributed by atoms with Crippen LogP contribution in [0.15, 0.2) is 18.3 Å². The number of hydrogen-bond donors (Lipinski definition) is 2. The van der Waals surface area contributed by atoms with E-state index in [-0.39, 0.29) is 12.2 Å². The van der Waals surface area contributed by atoms with Gasteiger partial charge in [0.05, 0.1) is 12.2 Å². The molecule has 1 atom stereocenters. The van der Waals surface area contributed by atoms with Crippen molar-refractivity contribution in [2.24, 2.45) is 0 Å². The van der Waals surface area contributed by atoms with E-state index in [4.69, 9.17) is 9.84 Å². The second kappa shape index (κ2) is 6.45. The molecule has 1 rings (SSSR count). The van der Waals surface area contributed by atoms with Crippen LogP contribution >= 0.6 is 0 Å². The average Bonchev–Trinajstić information content (AvgIpc) is 2.19. The first-order valence-electron chi connectivity index (χ1n) is 5.59. The smallest absolute Gasteiger partial charge is 0.218 e. The molecular weight excluding hydrogens is 204 g/mol. The normalized spacial score (nSPS) is 12.8. The fourth-order valence-electron chi connectivity index (χ4n) is 1.30. The van der Waals surface area contributed by atoms with E-state index in [9.17, 15) is 0 Å². The third kappa shape index (κ3) is 4.59. The van der Waals surface area contributed by atoms with Gasteiger partial charge in [-0.05, 0) is 26.8 Å². The standard InChI is InChI=1S/C12H20N2O2/c1-9(2)16-12-11(5-4-6-14-12)8-13-7-10(3)15/h4-6,9-10,13,15H,7-8H2,1-3H3. The highest BCUT2D eigenvalue weighted by Crippen LogP contribution is 2.15. The predicted molar refractivity (Wildman–Crippen MR) is 63.4 cm³/mol. The van der Waals surface area contributed by atoms with Gasteiger partial charge in [0.2, 0.25) is 5.88 Å². The molecule has 0 radical (unpaired) electrons. The first-order valence-corrected chi connectivity index (χ1v) is 5.59. The fraction of sp³-hybridized carbons (Fsp3) is 0.583. The van der Waals surface area contributed by atoms with E-state index in [0.717, 1.165) is 5.56 Å². The van der Waals surface area contributed by atoms with Gasteiger partial charge < -0.3 is 15.2 Å². The lowest BCUT2D eigenvalue weighted by Crippen LogP contribution is -2.24. The highest BCUT2D eigenvalue weighted by Gasteiger charge is 2.06. The third-order valence-corrected chi connectivity index (χ3v) is 1.95. The van der Waals surface area contributed by atoms with Crippen LogP contribution in [-0.2, 0) is 6.54 Å². The summed E-state index contributed by atoms with van der Waals surface area (Å²) < 4.78 is 5.59. The molecule has 0 aromatic carbocycles. The summed E-state index contributed by atoms with van der Waals surface area (Å²) in [6, 6.07) is 3.85. The summed E-state index contributed by atoms with van der Waals surface area (Å²) in [7, 11) is 0. The Morgan fingerprint density at radius 2 is 2.19 bits per heavy atom. The summed E-state index contributed by atoms with van der Waals surface area (Å²) in [5.74, 6) is 0.663. The van der Waals surface area contributed by atoms with Crippen LogP contribution in [0.3, 0.4) is 0 Å². The Hall–Kier alpha value is -1.13. The molecule has 1 unspecified atom stereocenters. The van der Waals surface area contributed by atoms with Crippen molar-refractivity contribution in [2.45, 2.75) is 39.5 Å². The van der Waals surface area contributed by atoms with Gasteiger partial charge >= 0.3 is 0 Å². The maximum absolute atomic E-state index is 9.14. The van der Waals surface area contributed by atoms with Crippen LogP contribution in [0.25, 0.3) is 0 Å². The van der Waals surface area contributed by atoms with E-state index in [1.165, 1.54) is 0 Å². The van der Waals surface area contributed by atoms with Crippen LogP contribution in [0.1, 0.15) is 26.3 Å². The third-order valence-electron chi connectivity index (χ3n) is 1.95. The molecule has 1 heterocycles. The highest BCUT2D eigenvalue weighted by molar-refractivity contribution is 5.25. The summed E-state index contributed by atoms with van der Waals surface area (Å²) in [4.78, 5) is 4.19. The van der Waals surface area contributed by atoms with Crippen LogP contribution in [0.2, 0.25) is 0 Å². The second-order valence-electron chi connectivity index (χ2n) is 4.11. The number of aliphatic hydroxyl groups is 1. The SMILES string of the molecule is CC(O)CNCc1cccnc1OC(C)C. The zero-order valence-corrected chi connectivity index (χ0v) is 10.1. The van der Waals surface area contributed by atoms with Crippen molar-refractivity contribution in [1.29, 1.82) is 0 Å². The molecular formula is C12H20N2O2. The van der Waals surface area contributed by atoms with Gasteiger partial charge in [-0.15, -0.1) is 0 Å². The Kier molecular flexibility index (Phi) is 5.22. The number of hydrogen-bond acceptors (Lipinski definition) is 4. The van der Waals surface area contributed by atoms with Crippen LogP contribution in [0.5, 0.6) is 5.88 Å². The first-order chi connectivity index (χ1) is 7.59. The van der Waals surface area contributed by atoms with Crippen molar-refractivity contribution in [3.05, 3.63) is 23.9 Å². The van der Waals surface area contributed by atoms with E-state index in [1.54, 1.807) is 13.1 Å². The van der Waals surface area contributed by atoms with Crippen molar-refractivity contribution < 1.29 is 9.84 Å². The number of nitrogens with zero attached hydrogens (tertiary/aromatic N) is 1. The van der Waals surface area contributed by atoms with E-state index < -0.39 is 0 Å². The van der Waals surface area contributed by atoms with Gasteiger partial charge in [-0.2, -0.15) is 0 Å². The van der Waals surface area contributed by atoms with Gasteiger partial charge in [0.15, 0.2) is 0 Å². The van der Waals surface area contributed by atoms with E-state index in [1.807, 2.05) is 26.0 Å². The molecule has 0 aliphatic heterocycles. The Morgan fingerprint density at radius 1 is 1.44 bits per heavy atom. The van der Waals surface area contributed by atoms with Crippen molar-refractivity contribution in [1.82, 2.24) is 10.3 Å². The lowest BCUT2D eigenvalue weighted by molar-refractivity contribution is 0.190. The van der Waals surface area contributed by atoms with Crippen molar-refractivity contribution in [3.63, 3.8) is 0 Å². The van der Waals surface area contributed by atoms with Gasteiger partial charge in [-0.25, -0.2) is 4.98 Å². The van der Waals surface area contributed by atoms with Gasteiger partial charge in [-0.1, -0.05) is 6.07 Å². The van der Waals surface area contributed by atoms with Gasteiger partial charge in [0, 0.05) is 24.8 Å². The maximum atomic E-state index is 9.14. The number of aromatic nitrogens is 1. The van der Waals surface area contributed by atoms with Crippen LogP contribution < -0.4 is 10.1 Å². The summed E-state index contributed by atoms with van der Waals surface area (Å²) in [6.45, 7) is 6.92. The molecule has 2 N–H and O–H groups in total. The molecule has 0 aliphatic rings. The number of pyridine rings is 1. The largest absolute Gasteiger partial charge is 0.475 e. The Labute approximate surface area is 96.7 Å². The van der Waals surface area contributed by atoms with E-state index in [0.29, 0.717) is 19.0 Å². The molecule has 1 aromatic rings. The van der Waals surface area contributed by atoms with E-state index >= 15 is 0 Å². The van der Waals surface area contributed by atoms with Crippen molar-refractivity contribution in [3.8, 4) is 5.88 Å². The highest BCUT2D eigenvalue weighted by atomic mass is 16.5. The topological polar surface area (TPSA) is 54.4 Å². The Balaban J connectivity index is 2.56. The maximum Gasteiger partial charge on any atom is 0.218 e. The molecule has 90 valence electrons. The Bertz CT molecular complexity index is 314. The monoisotopic (exact) mass is 224 g/mol. The number of aliphatic hydroxyl groups excluding tert-OH is 1. The molecule has 0 spiro atoms. The quantitative estimate of drug-likeness (QED) is 0.765. The molecule has 1 aromatic heterocycles. The zero-order valence-electron chi connectivity index (χ0n) is 10.1. The summed E-state index contributed by atoms with van der Waals surface area (Å²) in [6.07, 6.45) is 1.49. The first kappa shape index (κ1) is 12.9. The lowest BCUT2D eigenvalue weighted by Gasteiger charge is -2.13. The predicted octanol–water partition coefficient (Wildman–Crippen LogP) is 1.34. The van der Waals surface area contributed by atoms with Gasteiger partial charge in [0.1, 0.15) is 0 Å². The second-order valence-corrected chi connectivity index (χ2v) is 4.11. The average molecular weight is 224 g/mol. The molecule has 4 nitrogen and oxygen atoms in total. The molecule has 0 bridgehead atoms. The molecule has 0 fully saturated rings. The van der Waals surface area contributed by atoms with Crippen molar-refractivity contribution >= 4 is 0 Å².